The normalized spacial score (nSPS) is 22.3. The molecule has 0 spiro atoms. The fourth-order valence-electron chi connectivity index (χ4n) is 2.21. The van der Waals surface area contributed by atoms with Crippen molar-refractivity contribution in [3.8, 4) is 0 Å². The summed E-state index contributed by atoms with van der Waals surface area (Å²) in [6, 6.07) is -0.0764. The van der Waals surface area contributed by atoms with Crippen LogP contribution in [0.4, 0.5) is 4.79 Å². The van der Waals surface area contributed by atoms with Crippen LogP contribution in [0.2, 0.25) is 0 Å². The second kappa shape index (κ2) is 7.23. The van der Waals surface area contributed by atoms with E-state index >= 15 is 0 Å². The minimum absolute atomic E-state index is 0.0764. The number of amides is 1. The largest absolute Gasteiger partial charge is 0.598 e. The van der Waals surface area contributed by atoms with Crippen molar-refractivity contribution in [2.24, 2.45) is 5.92 Å². The van der Waals surface area contributed by atoms with Gasteiger partial charge in [0.1, 0.15) is 10.3 Å². The van der Waals surface area contributed by atoms with Gasteiger partial charge in [-0.05, 0) is 48.0 Å². The average molecular weight is 330 g/mol. The topological polar surface area (TPSA) is 64.6 Å². The lowest BCUT2D eigenvalue weighted by atomic mass is 10.0. The molecule has 0 aromatic rings. The summed E-state index contributed by atoms with van der Waals surface area (Å²) in [5.41, 5.74) is -0.487. The number of nitrogens with zero attached hydrogens (tertiary/aromatic N) is 1. The average Bonchev–Trinajstić information content (AvgIpc) is 2.81. The predicted molar refractivity (Wildman–Crippen MR) is 90.9 cm³/mol. The second-order valence-corrected chi connectivity index (χ2v) is 9.73. The molecule has 0 unspecified atom stereocenters. The van der Waals surface area contributed by atoms with Gasteiger partial charge in [0.25, 0.3) is 0 Å². The lowest BCUT2D eigenvalue weighted by molar-refractivity contribution is 0.0287. The molecule has 0 radical (unpaired) electrons. The molecule has 0 bridgehead atoms. The molecular weight excluding hydrogens is 300 g/mol. The zero-order valence-corrected chi connectivity index (χ0v) is 15.5. The Morgan fingerprint density at radius 2 is 2.00 bits per heavy atom. The van der Waals surface area contributed by atoms with Crippen LogP contribution >= 0.6 is 0 Å². The number of carbonyl (C=O) groups excluding carboxylic acids is 1. The van der Waals surface area contributed by atoms with Crippen molar-refractivity contribution in [1.29, 1.82) is 0 Å². The predicted octanol–water partition coefficient (Wildman–Crippen LogP) is 2.85. The van der Waals surface area contributed by atoms with Crippen LogP contribution in [0.1, 0.15) is 48.0 Å². The summed E-state index contributed by atoms with van der Waals surface area (Å²) in [5.74, 6) is 0.205. The molecule has 0 aromatic carbocycles. The van der Waals surface area contributed by atoms with Crippen LogP contribution < -0.4 is 4.72 Å². The molecule has 22 heavy (non-hydrogen) atoms. The van der Waals surface area contributed by atoms with Crippen molar-refractivity contribution < 1.29 is 14.1 Å². The molecule has 1 aliphatic rings. The van der Waals surface area contributed by atoms with Gasteiger partial charge in [-0.25, -0.2) is 4.79 Å². The number of hydrogen-bond acceptors (Lipinski definition) is 4. The molecule has 1 saturated heterocycles. The molecule has 1 fully saturated rings. The first-order chi connectivity index (χ1) is 9.94. The van der Waals surface area contributed by atoms with Gasteiger partial charge >= 0.3 is 6.09 Å². The molecule has 0 aromatic heterocycles. The van der Waals surface area contributed by atoms with E-state index in [4.69, 9.17) is 4.74 Å². The Hall–Kier alpha value is -0.720. The van der Waals surface area contributed by atoms with Crippen molar-refractivity contribution in [2.75, 3.05) is 13.1 Å². The van der Waals surface area contributed by atoms with Gasteiger partial charge in [0, 0.05) is 30.4 Å². The Kier molecular flexibility index (Phi) is 6.36. The molecule has 1 heterocycles. The minimum atomic E-state index is -1.16. The van der Waals surface area contributed by atoms with Gasteiger partial charge in [0.15, 0.2) is 0 Å². The van der Waals surface area contributed by atoms with Crippen LogP contribution in [0.25, 0.3) is 0 Å². The first-order valence-corrected chi connectivity index (χ1v) is 8.87. The maximum atomic E-state index is 12.2. The van der Waals surface area contributed by atoms with Gasteiger partial charge < -0.3 is 14.2 Å². The molecule has 3 atom stereocenters. The van der Waals surface area contributed by atoms with E-state index in [2.05, 4.69) is 11.3 Å². The highest BCUT2D eigenvalue weighted by Gasteiger charge is 2.36. The highest BCUT2D eigenvalue weighted by atomic mass is 32.2. The van der Waals surface area contributed by atoms with Crippen LogP contribution in [0, 0.1) is 5.92 Å². The Bertz CT molecular complexity index is 401. The molecule has 1 aliphatic heterocycles. The number of ether oxygens (including phenoxy) is 1. The first-order valence-electron chi connectivity index (χ1n) is 7.72. The van der Waals surface area contributed by atoms with E-state index in [-0.39, 0.29) is 22.8 Å². The van der Waals surface area contributed by atoms with E-state index in [0.29, 0.717) is 13.1 Å². The Labute approximate surface area is 137 Å². The molecule has 1 N–H and O–H groups in total. The Balaban J connectivity index is 2.60. The molecule has 6 heteroatoms. The van der Waals surface area contributed by atoms with Crippen molar-refractivity contribution in [3.05, 3.63) is 12.7 Å². The van der Waals surface area contributed by atoms with Crippen LogP contribution in [-0.4, -0.2) is 45.0 Å². The smallest absolute Gasteiger partial charge is 0.410 e. The van der Waals surface area contributed by atoms with Crippen molar-refractivity contribution in [1.82, 2.24) is 9.62 Å². The van der Waals surface area contributed by atoms with Crippen molar-refractivity contribution in [2.45, 2.75) is 64.4 Å². The van der Waals surface area contributed by atoms with E-state index in [1.54, 1.807) is 11.0 Å². The number of carbonyl (C=O) groups is 1. The van der Waals surface area contributed by atoms with Crippen molar-refractivity contribution in [3.63, 3.8) is 0 Å². The zero-order valence-electron chi connectivity index (χ0n) is 14.6. The lowest BCUT2D eigenvalue weighted by Crippen LogP contribution is -2.47. The van der Waals surface area contributed by atoms with Gasteiger partial charge in [0.05, 0.1) is 6.04 Å². The highest BCUT2D eigenvalue weighted by molar-refractivity contribution is 7.90. The summed E-state index contributed by atoms with van der Waals surface area (Å²) >= 11 is -1.16. The standard InChI is InChI=1S/C16H30N2O3S/c1-8-13(17-22(20)16(5,6)7)12-9-10-18(11-12)14(19)21-15(2,3)4/h8,12-13,17H,1,9-11H2,2-7H3/t12-,13-,22-/m0/s1. The molecule has 1 rings (SSSR count). The molecule has 0 saturated carbocycles. The molecular formula is C16H30N2O3S. The summed E-state index contributed by atoms with van der Waals surface area (Å²) in [7, 11) is 0. The third-order valence-corrected chi connectivity index (χ3v) is 5.04. The number of nitrogens with one attached hydrogen (secondary N) is 1. The fraction of sp³-hybridized carbons (Fsp3) is 0.812. The number of likely N-dealkylation sites (tertiary alicyclic amines) is 1. The van der Waals surface area contributed by atoms with Gasteiger partial charge in [-0.15, -0.1) is 11.3 Å². The van der Waals surface area contributed by atoms with E-state index in [0.717, 1.165) is 6.42 Å². The summed E-state index contributed by atoms with van der Waals surface area (Å²) < 4.78 is 20.4. The minimum Gasteiger partial charge on any atom is -0.598 e. The second-order valence-electron chi connectivity index (χ2n) is 7.74. The van der Waals surface area contributed by atoms with E-state index in [9.17, 15) is 9.35 Å². The van der Waals surface area contributed by atoms with Gasteiger partial charge in [-0.3, -0.25) is 0 Å². The maximum Gasteiger partial charge on any atom is 0.410 e. The van der Waals surface area contributed by atoms with E-state index < -0.39 is 17.0 Å². The third-order valence-electron chi connectivity index (χ3n) is 3.44. The zero-order chi connectivity index (χ0) is 17.1. The monoisotopic (exact) mass is 330 g/mol. The number of hydrogen-bond donors (Lipinski definition) is 1. The van der Waals surface area contributed by atoms with Crippen molar-refractivity contribution >= 4 is 17.5 Å². The third kappa shape index (κ3) is 5.82. The van der Waals surface area contributed by atoms with E-state index in [1.165, 1.54) is 0 Å². The summed E-state index contributed by atoms with van der Waals surface area (Å²) in [6.07, 6.45) is 2.35. The summed E-state index contributed by atoms with van der Waals surface area (Å²) in [5, 5.41) is 0. The molecule has 128 valence electrons. The van der Waals surface area contributed by atoms with E-state index in [1.807, 2.05) is 41.5 Å². The molecule has 0 aliphatic carbocycles. The number of rotatable bonds is 4. The van der Waals surface area contributed by atoms with Gasteiger partial charge in [0.2, 0.25) is 0 Å². The van der Waals surface area contributed by atoms with Gasteiger partial charge in [-0.2, -0.15) is 0 Å². The van der Waals surface area contributed by atoms with Crippen LogP contribution in [-0.2, 0) is 16.1 Å². The highest BCUT2D eigenvalue weighted by Crippen LogP contribution is 2.24. The molecule has 5 nitrogen and oxygen atoms in total. The molecule has 1 amide bonds. The van der Waals surface area contributed by atoms with Gasteiger partial charge in [-0.1, -0.05) is 6.08 Å². The maximum absolute atomic E-state index is 12.2. The quantitative estimate of drug-likeness (QED) is 0.636. The Morgan fingerprint density at radius 1 is 1.41 bits per heavy atom. The lowest BCUT2D eigenvalue weighted by Gasteiger charge is -2.29. The van der Waals surface area contributed by atoms with Crippen LogP contribution in [0.3, 0.4) is 0 Å². The summed E-state index contributed by atoms with van der Waals surface area (Å²) in [4.78, 5) is 13.8. The SMILES string of the molecule is C=C[C@H](N[S@@+]([O-])C(C)(C)C)[C@H]1CCN(C(=O)OC(C)(C)C)C1. The fourth-order valence-corrected chi connectivity index (χ4v) is 3.10. The first kappa shape index (κ1) is 19.3. The summed E-state index contributed by atoms with van der Waals surface area (Å²) in [6.45, 7) is 16.5. The van der Waals surface area contributed by atoms with Crippen LogP contribution in [0.5, 0.6) is 0 Å². The Morgan fingerprint density at radius 3 is 2.45 bits per heavy atom. The van der Waals surface area contributed by atoms with Crippen LogP contribution in [0.15, 0.2) is 12.7 Å².